The zero-order valence-corrected chi connectivity index (χ0v) is 13.7. The van der Waals surface area contributed by atoms with Crippen LogP contribution in [0, 0.1) is 5.92 Å². The van der Waals surface area contributed by atoms with Crippen LogP contribution in [-0.2, 0) is 4.74 Å². The number of benzene rings is 1. The van der Waals surface area contributed by atoms with E-state index in [0.717, 1.165) is 36.1 Å². The van der Waals surface area contributed by atoms with Crippen molar-refractivity contribution in [1.82, 2.24) is 0 Å². The van der Waals surface area contributed by atoms with E-state index in [2.05, 4.69) is 31.9 Å². The van der Waals surface area contributed by atoms with Gasteiger partial charge in [0.25, 0.3) is 0 Å². The molecule has 1 atom stereocenters. The van der Waals surface area contributed by atoms with Gasteiger partial charge in [0.1, 0.15) is 5.75 Å². The molecule has 0 saturated carbocycles. The molecule has 6 heteroatoms. The maximum atomic E-state index is 10.1. The zero-order valence-electron chi connectivity index (χ0n) is 9.73. The van der Waals surface area contributed by atoms with Gasteiger partial charge in [0.05, 0.1) is 4.47 Å². The van der Waals surface area contributed by atoms with Gasteiger partial charge >= 0.3 is 0 Å². The first-order chi connectivity index (χ1) is 8.11. The fraction of sp³-hybridized carbons (Fsp3) is 0.500. The molecule has 0 radical (unpaired) electrons. The Morgan fingerprint density at radius 2 is 1.78 bits per heavy atom. The summed E-state index contributed by atoms with van der Waals surface area (Å²) < 4.78 is 6.87. The number of rotatable bonds is 2. The van der Waals surface area contributed by atoms with Gasteiger partial charge in [0, 0.05) is 29.3 Å². The predicted molar refractivity (Wildman–Crippen MR) is 81.2 cm³/mol. The SMILES string of the molecule is Cl.N[C@@H](c1c(Br)ccc(Br)c1O)C1CCOCC1. The van der Waals surface area contributed by atoms with Crippen molar-refractivity contribution in [3.05, 3.63) is 26.6 Å². The normalized spacial score (nSPS) is 18.2. The molecule has 0 bridgehead atoms. The monoisotopic (exact) mass is 399 g/mol. The van der Waals surface area contributed by atoms with E-state index in [-0.39, 0.29) is 24.2 Å². The van der Waals surface area contributed by atoms with Crippen LogP contribution in [0.15, 0.2) is 21.1 Å². The van der Waals surface area contributed by atoms with Gasteiger partial charge in [-0.25, -0.2) is 0 Å². The summed E-state index contributed by atoms with van der Waals surface area (Å²) in [4.78, 5) is 0. The van der Waals surface area contributed by atoms with E-state index in [1.54, 1.807) is 6.07 Å². The number of nitrogens with two attached hydrogens (primary N) is 1. The molecule has 1 aromatic rings. The fourth-order valence-electron chi connectivity index (χ4n) is 2.18. The largest absolute Gasteiger partial charge is 0.506 e. The van der Waals surface area contributed by atoms with E-state index in [4.69, 9.17) is 10.5 Å². The van der Waals surface area contributed by atoms with Gasteiger partial charge in [-0.15, -0.1) is 12.4 Å². The molecule has 0 spiro atoms. The van der Waals surface area contributed by atoms with Crippen molar-refractivity contribution in [2.75, 3.05) is 13.2 Å². The summed E-state index contributed by atoms with van der Waals surface area (Å²) in [7, 11) is 0. The lowest BCUT2D eigenvalue weighted by Gasteiger charge is -2.29. The summed E-state index contributed by atoms with van der Waals surface area (Å²) in [6.45, 7) is 1.51. The van der Waals surface area contributed by atoms with Crippen LogP contribution < -0.4 is 5.73 Å². The average Bonchev–Trinajstić information content (AvgIpc) is 2.35. The van der Waals surface area contributed by atoms with E-state index < -0.39 is 0 Å². The van der Waals surface area contributed by atoms with Crippen molar-refractivity contribution >= 4 is 44.3 Å². The second-order valence-corrected chi connectivity index (χ2v) is 5.98. The van der Waals surface area contributed by atoms with Gasteiger partial charge < -0.3 is 15.6 Å². The van der Waals surface area contributed by atoms with Crippen LogP contribution in [0.2, 0.25) is 0 Å². The Bertz CT molecular complexity index is 411. The second kappa shape index (κ2) is 7.10. The first-order valence-corrected chi connectivity index (χ1v) is 7.20. The van der Waals surface area contributed by atoms with Gasteiger partial charge in [-0.1, -0.05) is 15.9 Å². The summed E-state index contributed by atoms with van der Waals surface area (Å²) in [5, 5.41) is 10.1. The first kappa shape index (κ1) is 16.2. The molecule has 3 N–H and O–H groups in total. The van der Waals surface area contributed by atoms with Crippen LogP contribution in [0.5, 0.6) is 5.75 Å². The highest BCUT2D eigenvalue weighted by atomic mass is 79.9. The van der Waals surface area contributed by atoms with Crippen LogP contribution in [0.4, 0.5) is 0 Å². The molecule has 0 amide bonds. The number of phenols is 1. The van der Waals surface area contributed by atoms with Gasteiger partial charge in [-0.2, -0.15) is 0 Å². The number of halogens is 3. The molecule has 1 aliphatic rings. The van der Waals surface area contributed by atoms with Crippen LogP contribution in [0.25, 0.3) is 0 Å². The van der Waals surface area contributed by atoms with E-state index in [9.17, 15) is 5.11 Å². The third-order valence-electron chi connectivity index (χ3n) is 3.22. The van der Waals surface area contributed by atoms with Crippen LogP contribution >= 0.6 is 44.3 Å². The molecule has 18 heavy (non-hydrogen) atoms. The number of phenolic OH excluding ortho intramolecular Hbond substituents is 1. The molecule has 2 rings (SSSR count). The second-order valence-electron chi connectivity index (χ2n) is 4.27. The van der Waals surface area contributed by atoms with E-state index in [1.807, 2.05) is 6.07 Å². The number of aromatic hydroxyl groups is 1. The van der Waals surface area contributed by atoms with Gasteiger partial charge in [-0.3, -0.25) is 0 Å². The molecule has 102 valence electrons. The quantitative estimate of drug-likeness (QED) is 0.793. The summed E-state index contributed by atoms with van der Waals surface area (Å²) in [6, 6.07) is 3.54. The van der Waals surface area contributed by atoms with E-state index in [1.165, 1.54) is 0 Å². The summed E-state index contributed by atoms with van der Waals surface area (Å²) in [5.41, 5.74) is 7.06. The summed E-state index contributed by atoms with van der Waals surface area (Å²) >= 11 is 6.78. The molecule has 0 unspecified atom stereocenters. The van der Waals surface area contributed by atoms with Crippen LogP contribution in [0.1, 0.15) is 24.4 Å². The Labute approximate surface area is 130 Å². The number of hydrogen-bond donors (Lipinski definition) is 2. The summed E-state index contributed by atoms with van der Waals surface area (Å²) in [5.74, 6) is 0.596. The minimum absolute atomic E-state index is 0. The molecule has 0 aliphatic carbocycles. The molecule has 1 aliphatic heterocycles. The van der Waals surface area contributed by atoms with Crippen molar-refractivity contribution in [2.24, 2.45) is 11.7 Å². The van der Waals surface area contributed by atoms with Crippen molar-refractivity contribution in [3.8, 4) is 5.75 Å². The van der Waals surface area contributed by atoms with Crippen molar-refractivity contribution in [1.29, 1.82) is 0 Å². The summed E-state index contributed by atoms with van der Waals surface area (Å²) in [6.07, 6.45) is 1.89. The highest BCUT2D eigenvalue weighted by molar-refractivity contribution is 9.11. The maximum Gasteiger partial charge on any atom is 0.135 e. The molecule has 3 nitrogen and oxygen atoms in total. The minimum Gasteiger partial charge on any atom is -0.506 e. The fourth-order valence-corrected chi connectivity index (χ4v) is 3.11. The Morgan fingerprint density at radius 1 is 1.22 bits per heavy atom. The van der Waals surface area contributed by atoms with Crippen LogP contribution in [0.3, 0.4) is 0 Å². The van der Waals surface area contributed by atoms with Crippen molar-refractivity contribution < 1.29 is 9.84 Å². The number of hydrogen-bond acceptors (Lipinski definition) is 3. The van der Waals surface area contributed by atoms with E-state index in [0.29, 0.717) is 10.4 Å². The molecule has 1 fully saturated rings. The van der Waals surface area contributed by atoms with Gasteiger partial charge in [0.15, 0.2) is 0 Å². The highest BCUT2D eigenvalue weighted by Gasteiger charge is 2.26. The highest BCUT2D eigenvalue weighted by Crippen LogP contribution is 2.40. The Kier molecular flexibility index (Phi) is 6.41. The van der Waals surface area contributed by atoms with Gasteiger partial charge in [0.2, 0.25) is 0 Å². The standard InChI is InChI=1S/C12H15Br2NO2.ClH/c13-8-1-2-9(14)12(16)10(8)11(15)7-3-5-17-6-4-7;/h1-2,7,11,16H,3-6,15H2;1H/t11-;/m1./s1. The smallest absolute Gasteiger partial charge is 0.135 e. The zero-order chi connectivity index (χ0) is 12.4. The Morgan fingerprint density at radius 3 is 2.39 bits per heavy atom. The Hall–Kier alpha value is 0.190. The number of ether oxygens (including phenoxy) is 1. The van der Waals surface area contributed by atoms with Crippen molar-refractivity contribution in [2.45, 2.75) is 18.9 Å². The Balaban J connectivity index is 0.00000162. The van der Waals surface area contributed by atoms with Gasteiger partial charge in [-0.05, 0) is 46.8 Å². The molecular formula is C12H16Br2ClNO2. The molecule has 1 aromatic carbocycles. The lowest BCUT2D eigenvalue weighted by molar-refractivity contribution is 0.0580. The third-order valence-corrected chi connectivity index (χ3v) is 4.55. The van der Waals surface area contributed by atoms with E-state index >= 15 is 0 Å². The lowest BCUT2D eigenvalue weighted by atomic mass is 9.87. The molecule has 1 saturated heterocycles. The lowest BCUT2D eigenvalue weighted by Crippen LogP contribution is -2.27. The average molecular weight is 402 g/mol. The topological polar surface area (TPSA) is 55.5 Å². The third kappa shape index (κ3) is 3.39. The minimum atomic E-state index is -0.161. The maximum absolute atomic E-state index is 10.1. The van der Waals surface area contributed by atoms with Crippen LogP contribution in [-0.4, -0.2) is 18.3 Å². The molecule has 1 heterocycles. The molecule has 0 aromatic heterocycles. The first-order valence-electron chi connectivity index (χ1n) is 5.61. The van der Waals surface area contributed by atoms with Crippen molar-refractivity contribution in [3.63, 3.8) is 0 Å². The molecular weight excluding hydrogens is 385 g/mol. The predicted octanol–water partition coefficient (Wildman–Crippen LogP) is 3.77.